The second-order valence-corrected chi connectivity index (χ2v) is 8.65. The van der Waals surface area contributed by atoms with Crippen molar-refractivity contribution >= 4 is 28.6 Å². The first kappa shape index (κ1) is 22.5. The highest BCUT2D eigenvalue weighted by Gasteiger charge is 2.06. The summed E-state index contributed by atoms with van der Waals surface area (Å²) in [4.78, 5) is 10.6. The fourth-order valence-electron chi connectivity index (χ4n) is 3.29. The maximum Gasteiger partial charge on any atom is 0.303 e. The highest BCUT2D eigenvalue weighted by atomic mass is 123. The molecule has 0 amide bonds. The summed E-state index contributed by atoms with van der Waals surface area (Å²) in [6.45, 7) is 2.05. The highest BCUT2D eigenvalue weighted by molar-refractivity contribution is 14.1. The monoisotopic (exact) mass is 454 g/mol. The van der Waals surface area contributed by atoms with Gasteiger partial charge in [0.1, 0.15) is 0 Å². The predicted octanol–water partition coefficient (Wildman–Crippen LogP) is 7.24. The molecule has 142 valence electrons. The lowest BCUT2D eigenvalue weighted by Crippen LogP contribution is -2.03. The van der Waals surface area contributed by atoms with Crippen molar-refractivity contribution < 1.29 is 9.90 Å². The summed E-state index contributed by atoms with van der Waals surface area (Å²) in [6.07, 6.45) is 15.9. The number of carboxylic acid groups (broad SMARTS) is 1. The maximum absolute atomic E-state index is 10.6. The van der Waals surface area contributed by atoms with Gasteiger partial charge in [0, 0.05) is 9.99 Å². The Labute approximate surface area is 167 Å². The van der Waals surface area contributed by atoms with Crippen LogP contribution in [0.1, 0.15) is 89.5 Å². The smallest absolute Gasteiger partial charge is 0.303 e. The van der Waals surface area contributed by atoms with Crippen LogP contribution in [0.5, 0.6) is 0 Å². The first-order valence-electron chi connectivity index (χ1n) is 10.0. The van der Waals surface area contributed by atoms with Gasteiger partial charge in [-0.25, -0.2) is 0 Å². The third-order valence-electron chi connectivity index (χ3n) is 4.85. The number of aliphatic carboxylic acids is 1. The largest absolute Gasteiger partial charge is 0.481 e. The van der Waals surface area contributed by atoms with Gasteiger partial charge in [-0.2, -0.15) is 0 Å². The van der Waals surface area contributed by atoms with Gasteiger partial charge >= 0.3 is 5.97 Å². The number of carbonyl (C=O) groups is 1. The van der Waals surface area contributed by atoms with E-state index in [1.165, 1.54) is 79.8 Å². The van der Waals surface area contributed by atoms with Gasteiger partial charge in [0.2, 0.25) is 0 Å². The summed E-state index contributed by atoms with van der Waals surface area (Å²) in [5.41, 5.74) is 1.47. The Morgan fingerprint density at radius 3 is 1.88 bits per heavy atom. The summed E-state index contributed by atoms with van der Waals surface area (Å²) >= 11 is 2.36. The first-order valence-corrected chi connectivity index (χ1v) is 11.1. The number of unbranched alkanes of at least 4 members (excludes halogenated alkanes) is 9. The number of aryl methyl sites for hydroxylation is 1. The molecule has 25 heavy (non-hydrogen) atoms. The number of carboxylic acids is 1. The van der Waals surface area contributed by atoms with Gasteiger partial charge in [-0.1, -0.05) is 83.3 Å². The van der Waals surface area contributed by atoms with Crippen molar-refractivity contribution in [3.8, 4) is 0 Å². The normalized spacial score (nSPS) is 12.2. The van der Waals surface area contributed by atoms with Crippen LogP contribution in [-0.4, -0.2) is 11.1 Å². The van der Waals surface area contributed by atoms with E-state index < -0.39 is 5.97 Å². The van der Waals surface area contributed by atoms with Crippen LogP contribution < -0.4 is 0 Å². The zero-order valence-electron chi connectivity index (χ0n) is 15.8. The molecule has 0 aliphatic carbocycles. The van der Waals surface area contributed by atoms with Gasteiger partial charge in [-0.05, 0) is 59.0 Å². The van der Waals surface area contributed by atoms with Gasteiger partial charge < -0.3 is 5.11 Å². The molecule has 1 rings (SSSR count). The molecule has 0 heterocycles. The number of hydrogen-bond donors (Lipinski definition) is 1. The van der Waals surface area contributed by atoms with Crippen molar-refractivity contribution in [1.82, 2.24) is 0 Å². The van der Waals surface area contributed by atoms with E-state index in [4.69, 9.17) is 5.11 Å². The molecular weight excluding hydrogens is 419 g/mol. The Hall–Kier alpha value is -0.580. The Morgan fingerprint density at radius 2 is 1.36 bits per heavy atom. The van der Waals surface area contributed by atoms with Gasteiger partial charge in [0.05, 0.1) is 0 Å². The van der Waals surface area contributed by atoms with Crippen LogP contribution in [0, 0.1) is 9.49 Å². The molecule has 0 aromatic heterocycles. The van der Waals surface area contributed by atoms with E-state index in [0.29, 0.717) is 12.3 Å². The second-order valence-electron chi connectivity index (χ2n) is 7.40. The second kappa shape index (κ2) is 14.6. The highest BCUT2D eigenvalue weighted by Crippen LogP contribution is 2.16. The first-order chi connectivity index (χ1) is 12.1. The molecule has 0 saturated carbocycles. The topological polar surface area (TPSA) is 37.3 Å². The Bertz CT molecular complexity index is 456. The maximum atomic E-state index is 10.6. The standard InChI is InChI=1S/C22H35IO2/c1-19(18-22(24)25)12-10-8-6-4-2-3-5-7-9-11-13-20-14-16-21(23)17-15-20/h14-17,19H,2-13,18H2,1H3,(H,24,25)/t19-/m1/s1/i23-4. The number of rotatable bonds is 15. The van der Waals surface area contributed by atoms with Crippen LogP contribution in [0.2, 0.25) is 0 Å². The molecule has 0 aliphatic rings. The van der Waals surface area contributed by atoms with Crippen LogP contribution in [0.25, 0.3) is 0 Å². The van der Waals surface area contributed by atoms with Crippen molar-refractivity contribution in [2.75, 3.05) is 0 Å². The summed E-state index contributed by atoms with van der Waals surface area (Å²) in [7, 11) is 0. The third-order valence-corrected chi connectivity index (χ3v) is 5.57. The van der Waals surface area contributed by atoms with Gasteiger partial charge in [-0.15, -0.1) is 0 Å². The lowest BCUT2D eigenvalue weighted by molar-refractivity contribution is -0.138. The van der Waals surface area contributed by atoms with Gasteiger partial charge in [0.15, 0.2) is 0 Å². The molecule has 1 aromatic carbocycles. The van der Waals surface area contributed by atoms with E-state index in [2.05, 4.69) is 46.9 Å². The minimum absolute atomic E-state index is 0.323. The Balaban J connectivity index is 1.81. The molecule has 0 bridgehead atoms. The summed E-state index contributed by atoms with van der Waals surface area (Å²) in [5.74, 6) is -0.331. The molecule has 0 fully saturated rings. The van der Waals surface area contributed by atoms with Crippen LogP contribution in [0.4, 0.5) is 0 Å². The van der Waals surface area contributed by atoms with E-state index in [9.17, 15) is 4.79 Å². The van der Waals surface area contributed by atoms with Crippen molar-refractivity contribution in [2.24, 2.45) is 5.92 Å². The molecule has 3 heteroatoms. The molecule has 0 saturated heterocycles. The third kappa shape index (κ3) is 13.3. The zero-order valence-corrected chi connectivity index (χ0v) is 18.0. The lowest BCUT2D eigenvalue weighted by atomic mass is 9.99. The molecule has 0 radical (unpaired) electrons. The quantitative estimate of drug-likeness (QED) is 0.224. The minimum Gasteiger partial charge on any atom is -0.481 e. The van der Waals surface area contributed by atoms with E-state index in [-0.39, 0.29) is 0 Å². The van der Waals surface area contributed by atoms with E-state index in [1.807, 2.05) is 6.92 Å². The molecule has 0 aliphatic heterocycles. The fourth-order valence-corrected chi connectivity index (χ4v) is 3.65. The summed E-state index contributed by atoms with van der Waals surface area (Å²) in [5, 5.41) is 8.73. The molecule has 2 nitrogen and oxygen atoms in total. The van der Waals surface area contributed by atoms with E-state index in [1.54, 1.807) is 0 Å². The Kier molecular flexibility index (Phi) is 13.1. The predicted molar refractivity (Wildman–Crippen MR) is 115 cm³/mol. The Morgan fingerprint density at radius 1 is 0.880 bits per heavy atom. The SMILES string of the molecule is C[C@H](CCCCCCCCCCCCc1ccc([123I])cc1)CC(=O)O. The molecule has 1 atom stereocenters. The van der Waals surface area contributed by atoms with Crippen molar-refractivity contribution in [1.29, 1.82) is 0 Å². The fraction of sp³-hybridized carbons (Fsp3) is 0.682. The molecule has 1 N–H and O–H groups in total. The summed E-state index contributed by atoms with van der Waals surface area (Å²) in [6, 6.07) is 8.90. The minimum atomic E-state index is -0.661. The van der Waals surface area contributed by atoms with E-state index >= 15 is 0 Å². The molecule has 1 aromatic rings. The van der Waals surface area contributed by atoms with Crippen molar-refractivity contribution in [2.45, 2.75) is 90.4 Å². The average Bonchev–Trinajstić information content (AvgIpc) is 2.57. The molecule has 0 unspecified atom stereocenters. The van der Waals surface area contributed by atoms with Gasteiger partial charge in [0.25, 0.3) is 0 Å². The van der Waals surface area contributed by atoms with Crippen LogP contribution in [0.3, 0.4) is 0 Å². The number of benzene rings is 1. The van der Waals surface area contributed by atoms with Crippen molar-refractivity contribution in [3.05, 3.63) is 33.4 Å². The van der Waals surface area contributed by atoms with Crippen LogP contribution in [0.15, 0.2) is 24.3 Å². The van der Waals surface area contributed by atoms with Crippen molar-refractivity contribution in [3.63, 3.8) is 0 Å². The van der Waals surface area contributed by atoms with Crippen LogP contribution >= 0.6 is 22.6 Å². The zero-order chi connectivity index (χ0) is 18.3. The van der Waals surface area contributed by atoms with Crippen LogP contribution in [-0.2, 0) is 11.2 Å². The van der Waals surface area contributed by atoms with E-state index in [0.717, 1.165) is 6.42 Å². The van der Waals surface area contributed by atoms with Gasteiger partial charge in [-0.3, -0.25) is 4.79 Å². The molecular formula is C22H35IO2. The number of halogens is 1. The molecule has 0 spiro atoms. The summed E-state index contributed by atoms with van der Waals surface area (Å²) < 4.78 is 1.32. The number of hydrogen-bond acceptors (Lipinski definition) is 1. The lowest BCUT2D eigenvalue weighted by Gasteiger charge is -2.08. The average molecular weight is 454 g/mol.